The molecule has 2 rings (SSSR count). The highest BCUT2D eigenvalue weighted by molar-refractivity contribution is 7.91. The highest BCUT2D eigenvalue weighted by Gasteiger charge is 2.30. The third-order valence-corrected chi connectivity index (χ3v) is 5.55. The molecule has 0 saturated carbocycles. The van der Waals surface area contributed by atoms with Crippen LogP contribution < -0.4 is 5.32 Å². The van der Waals surface area contributed by atoms with Gasteiger partial charge in [0.05, 0.1) is 17.3 Å². The number of hydrogen-bond donors (Lipinski definition) is 1. The van der Waals surface area contributed by atoms with Crippen molar-refractivity contribution in [2.45, 2.75) is 30.7 Å². The lowest BCUT2D eigenvalue weighted by Crippen LogP contribution is -2.42. The van der Waals surface area contributed by atoms with E-state index in [9.17, 15) is 12.8 Å². The second-order valence-corrected chi connectivity index (χ2v) is 7.45. The van der Waals surface area contributed by atoms with Gasteiger partial charge in [0, 0.05) is 18.6 Å². The summed E-state index contributed by atoms with van der Waals surface area (Å²) in [5, 5.41) is 3.32. The highest BCUT2D eigenvalue weighted by Crippen LogP contribution is 2.21. The van der Waals surface area contributed by atoms with Gasteiger partial charge >= 0.3 is 0 Å². The SMILES string of the molecule is CCCNC(CS(=O)(=O)c1ccc(F)cc1)C1CCOC1. The Bertz CT molecular complexity index is 539. The Morgan fingerprint density at radius 3 is 2.67 bits per heavy atom. The lowest BCUT2D eigenvalue weighted by atomic mass is 10.0. The van der Waals surface area contributed by atoms with Crippen molar-refractivity contribution in [3.8, 4) is 0 Å². The number of nitrogens with one attached hydrogen (secondary N) is 1. The standard InChI is InChI=1S/C15H22FNO3S/c1-2-8-17-15(12-7-9-20-10-12)11-21(18,19)14-5-3-13(16)4-6-14/h3-6,12,15,17H,2,7-11H2,1H3. The van der Waals surface area contributed by atoms with Crippen molar-refractivity contribution >= 4 is 9.84 Å². The molecule has 118 valence electrons. The number of hydrogen-bond acceptors (Lipinski definition) is 4. The molecule has 0 spiro atoms. The van der Waals surface area contributed by atoms with E-state index < -0.39 is 15.7 Å². The second kappa shape index (κ2) is 7.33. The molecule has 0 radical (unpaired) electrons. The van der Waals surface area contributed by atoms with Crippen molar-refractivity contribution in [1.29, 1.82) is 0 Å². The Morgan fingerprint density at radius 1 is 1.38 bits per heavy atom. The molecule has 0 bridgehead atoms. The van der Waals surface area contributed by atoms with E-state index in [4.69, 9.17) is 4.74 Å². The maximum atomic E-state index is 12.9. The molecule has 1 fully saturated rings. The summed E-state index contributed by atoms with van der Waals surface area (Å²) < 4.78 is 43.2. The van der Waals surface area contributed by atoms with Crippen molar-refractivity contribution in [3.63, 3.8) is 0 Å². The third-order valence-electron chi connectivity index (χ3n) is 3.76. The van der Waals surface area contributed by atoms with Crippen LogP contribution in [0.3, 0.4) is 0 Å². The zero-order valence-electron chi connectivity index (χ0n) is 12.2. The van der Waals surface area contributed by atoms with Crippen LogP contribution in [0.4, 0.5) is 4.39 Å². The van der Waals surface area contributed by atoms with Gasteiger partial charge in [-0.3, -0.25) is 0 Å². The van der Waals surface area contributed by atoms with Gasteiger partial charge in [-0.25, -0.2) is 12.8 Å². The van der Waals surface area contributed by atoms with Crippen molar-refractivity contribution in [2.75, 3.05) is 25.5 Å². The average Bonchev–Trinajstić information content (AvgIpc) is 2.98. The van der Waals surface area contributed by atoms with E-state index in [1.54, 1.807) is 0 Å². The molecule has 1 aromatic carbocycles. The van der Waals surface area contributed by atoms with Crippen LogP contribution in [-0.4, -0.2) is 40.0 Å². The van der Waals surface area contributed by atoms with Gasteiger partial charge in [0.25, 0.3) is 0 Å². The van der Waals surface area contributed by atoms with Gasteiger partial charge in [0.1, 0.15) is 5.82 Å². The first-order valence-electron chi connectivity index (χ1n) is 7.32. The predicted molar refractivity (Wildman–Crippen MR) is 79.5 cm³/mol. The quantitative estimate of drug-likeness (QED) is 0.782. The number of sulfone groups is 1. The van der Waals surface area contributed by atoms with E-state index in [2.05, 4.69) is 5.32 Å². The van der Waals surface area contributed by atoms with Crippen molar-refractivity contribution < 1.29 is 17.5 Å². The molecular formula is C15H22FNO3S. The molecule has 21 heavy (non-hydrogen) atoms. The molecule has 1 heterocycles. The first-order chi connectivity index (χ1) is 10.0. The van der Waals surface area contributed by atoms with Crippen LogP contribution in [0.2, 0.25) is 0 Å². The third kappa shape index (κ3) is 4.49. The van der Waals surface area contributed by atoms with E-state index in [0.29, 0.717) is 13.2 Å². The molecule has 1 N–H and O–H groups in total. The first-order valence-corrected chi connectivity index (χ1v) is 8.97. The van der Waals surface area contributed by atoms with Crippen LogP contribution in [-0.2, 0) is 14.6 Å². The minimum Gasteiger partial charge on any atom is -0.381 e. The van der Waals surface area contributed by atoms with Crippen LogP contribution >= 0.6 is 0 Å². The van der Waals surface area contributed by atoms with Gasteiger partial charge in [0.2, 0.25) is 0 Å². The minimum atomic E-state index is -3.43. The zero-order chi connectivity index (χ0) is 15.3. The number of halogens is 1. The van der Waals surface area contributed by atoms with E-state index in [1.807, 2.05) is 6.92 Å². The van der Waals surface area contributed by atoms with Gasteiger partial charge in [0.15, 0.2) is 9.84 Å². The summed E-state index contributed by atoms with van der Waals surface area (Å²) in [4.78, 5) is 0.172. The van der Waals surface area contributed by atoms with Gasteiger partial charge in [-0.15, -0.1) is 0 Å². The molecule has 2 unspecified atom stereocenters. The Balaban J connectivity index is 2.11. The Morgan fingerprint density at radius 2 is 2.10 bits per heavy atom. The van der Waals surface area contributed by atoms with Crippen LogP contribution in [0.5, 0.6) is 0 Å². The van der Waals surface area contributed by atoms with E-state index in [1.165, 1.54) is 24.3 Å². The normalized spacial score (nSPS) is 20.6. The molecule has 0 aromatic heterocycles. The van der Waals surface area contributed by atoms with Gasteiger partial charge in [-0.2, -0.15) is 0 Å². The monoisotopic (exact) mass is 315 g/mol. The van der Waals surface area contributed by atoms with Gasteiger partial charge < -0.3 is 10.1 Å². The molecule has 6 heteroatoms. The zero-order valence-corrected chi connectivity index (χ0v) is 13.0. The summed E-state index contributed by atoms with van der Waals surface area (Å²) in [5.41, 5.74) is 0. The smallest absolute Gasteiger partial charge is 0.179 e. The summed E-state index contributed by atoms with van der Waals surface area (Å²) in [6.45, 7) is 4.11. The van der Waals surface area contributed by atoms with Crippen LogP contribution in [0, 0.1) is 11.7 Å². The second-order valence-electron chi connectivity index (χ2n) is 5.42. The fourth-order valence-electron chi connectivity index (χ4n) is 2.54. The summed E-state index contributed by atoms with van der Waals surface area (Å²) in [5.74, 6) is -0.197. The van der Waals surface area contributed by atoms with E-state index >= 15 is 0 Å². The Kier molecular flexibility index (Phi) is 5.72. The topological polar surface area (TPSA) is 55.4 Å². The largest absolute Gasteiger partial charge is 0.381 e. The highest BCUT2D eigenvalue weighted by atomic mass is 32.2. The molecule has 0 amide bonds. The average molecular weight is 315 g/mol. The van der Waals surface area contributed by atoms with Crippen molar-refractivity contribution in [3.05, 3.63) is 30.1 Å². The van der Waals surface area contributed by atoms with E-state index in [-0.39, 0.29) is 22.6 Å². The maximum Gasteiger partial charge on any atom is 0.179 e. The number of rotatable bonds is 7. The molecule has 2 atom stereocenters. The first kappa shape index (κ1) is 16.4. The number of benzene rings is 1. The fourth-order valence-corrected chi connectivity index (χ4v) is 4.14. The van der Waals surface area contributed by atoms with Crippen LogP contribution in [0.25, 0.3) is 0 Å². The predicted octanol–water partition coefficient (Wildman–Crippen LogP) is 2.00. The molecule has 1 aliphatic rings. The lowest BCUT2D eigenvalue weighted by Gasteiger charge is -2.23. The Hall–Kier alpha value is -0.980. The van der Waals surface area contributed by atoms with Crippen molar-refractivity contribution in [1.82, 2.24) is 5.32 Å². The van der Waals surface area contributed by atoms with Gasteiger partial charge in [-0.05, 0) is 43.7 Å². The van der Waals surface area contributed by atoms with Gasteiger partial charge in [-0.1, -0.05) is 6.92 Å². The van der Waals surface area contributed by atoms with Crippen molar-refractivity contribution in [2.24, 2.45) is 5.92 Å². The summed E-state index contributed by atoms with van der Waals surface area (Å²) >= 11 is 0. The molecule has 1 saturated heterocycles. The van der Waals surface area contributed by atoms with E-state index in [0.717, 1.165) is 19.4 Å². The minimum absolute atomic E-state index is 0.0205. The summed E-state index contributed by atoms with van der Waals surface area (Å²) in [7, 11) is -3.43. The fraction of sp³-hybridized carbons (Fsp3) is 0.600. The Labute approximate surface area is 125 Å². The molecule has 4 nitrogen and oxygen atoms in total. The maximum absolute atomic E-state index is 12.9. The van der Waals surface area contributed by atoms with Crippen LogP contribution in [0.1, 0.15) is 19.8 Å². The molecule has 1 aliphatic heterocycles. The molecule has 1 aromatic rings. The van der Waals surface area contributed by atoms with Crippen LogP contribution in [0.15, 0.2) is 29.2 Å². The molecular weight excluding hydrogens is 293 g/mol. The summed E-state index contributed by atoms with van der Waals surface area (Å²) in [6.07, 6.45) is 1.82. The number of ether oxygens (including phenoxy) is 1. The summed E-state index contributed by atoms with van der Waals surface area (Å²) in [6, 6.07) is 4.89. The lowest BCUT2D eigenvalue weighted by molar-refractivity contribution is 0.178. The molecule has 0 aliphatic carbocycles.